The van der Waals surface area contributed by atoms with Crippen molar-refractivity contribution < 1.29 is 4.79 Å². The fraction of sp³-hybridized carbons (Fsp3) is 0.533. The molecule has 0 aliphatic carbocycles. The van der Waals surface area contributed by atoms with E-state index in [0.29, 0.717) is 13.0 Å². The molecule has 0 aliphatic heterocycles. The number of carbonyl (C=O) groups excluding carboxylic acids is 1. The third kappa shape index (κ3) is 7.78. The van der Waals surface area contributed by atoms with Gasteiger partial charge in [-0.1, -0.05) is 6.07 Å². The Morgan fingerprint density at radius 2 is 2.05 bits per heavy atom. The zero-order valence-corrected chi connectivity index (χ0v) is 14.1. The van der Waals surface area contributed by atoms with Crippen LogP contribution in [0.2, 0.25) is 0 Å². The van der Waals surface area contributed by atoms with Crippen LogP contribution in [0.4, 0.5) is 0 Å². The van der Waals surface area contributed by atoms with Crippen LogP contribution in [0, 0.1) is 13.8 Å². The number of thioether (sulfide) groups is 1. The normalized spacial score (nSPS) is 11.6. The van der Waals surface area contributed by atoms with Crippen molar-refractivity contribution in [2.24, 2.45) is 5.73 Å². The van der Waals surface area contributed by atoms with E-state index < -0.39 is 0 Å². The highest BCUT2D eigenvalue weighted by Gasteiger charge is 2.03. The summed E-state index contributed by atoms with van der Waals surface area (Å²) in [6, 6.07) is 6.56. The number of halogens is 1. The molecule has 20 heavy (non-hydrogen) atoms. The first-order valence-corrected chi connectivity index (χ1v) is 7.70. The quantitative estimate of drug-likeness (QED) is 0.760. The molecule has 0 aliphatic rings. The van der Waals surface area contributed by atoms with E-state index in [2.05, 4.69) is 37.4 Å². The molecule has 0 bridgehead atoms. The minimum atomic E-state index is 0. The van der Waals surface area contributed by atoms with Crippen molar-refractivity contribution in [3.63, 3.8) is 0 Å². The highest BCUT2D eigenvalue weighted by atomic mass is 35.5. The molecule has 1 atom stereocenters. The first kappa shape index (κ1) is 19.3. The minimum absolute atomic E-state index is 0. The van der Waals surface area contributed by atoms with Crippen molar-refractivity contribution in [1.82, 2.24) is 5.32 Å². The molecule has 0 saturated heterocycles. The lowest BCUT2D eigenvalue weighted by molar-refractivity contribution is -0.120. The van der Waals surface area contributed by atoms with Gasteiger partial charge in [0.2, 0.25) is 5.91 Å². The largest absolute Gasteiger partial charge is 0.356 e. The van der Waals surface area contributed by atoms with Crippen molar-refractivity contribution >= 4 is 30.1 Å². The van der Waals surface area contributed by atoms with Gasteiger partial charge < -0.3 is 11.1 Å². The summed E-state index contributed by atoms with van der Waals surface area (Å²) < 4.78 is 0. The maximum absolute atomic E-state index is 11.6. The van der Waals surface area contributed by atoms with Gasteiger partial charge in [-0.05, 0) is 50.5 Å². The zero-order chi connectivity index (χ0) is 14.3. The van der Waals surface area contributed by atoms with E-state index in [1.54, 1.807) is 11.8 Å². The van der Waals surface area contributed by atoms with Crippen molar-refractivity contribution in [2.45, 2.75) is 44.6 Å². The number of nitrogens with two attached hydrogens (primary N) is 1. The Balaban J connectivity index is 0.00000361. The second kappa shape index (κ2) is 10.1. The van der Waals surface area contributed by atoms with Crippen LogP contribution >= 0.6 is 24.2 Å². The minimum Gasteiger partial charge on any atom is -0.356 e. The average molecular weight is 317 g/mol. The smallest absolute Gasteiger partial charge is 0.220 e. The van der Waals surface area contributed by atoms with Gasteiger partial charge >= 0.3 is 0 Å². The molecule has 0 spiro atoms. The lowest BCUT2D eigenvalue weighted by Crippen LogP contribution is -2.29. The molecule has 5 heteroatoms. The van der Waals surface area contributed by atoms with Gasteiger partial charge in [0.25, 0.3) is 0 Å². The molecule has 1 aromatic rings. The number of rotatable bonds is 7. The van der Waals surface area contributed by atoms with Crippen LogP contribution in [0.5, 0.6) is 0 Å². The fourth-order valence-corrected chi connectivity index (χ4v) is 2.54. The molecule has 0 heterocycles. The second-order valence-corrected chi connectivity index (χ2v) is 6.13. The van der Waals surface area contributed by atoms with E-state index in [9.17, 15) is 4.79 Å². The van der Waals surface area contributed by atoms with Crippen LogP contribution < -0.4 is 11.1 Å². The molecule has 1 rings (SSSR count). The summed E-state index contributed by atoms with van der Waals surface area (Å²) in [5, 5.41) is 2.89. The van der Waals surface area contributed by atoms with Crippen molar-refractivity contribution in [1.29, 1.82) is 0 Å². The number of hydrogen-bond donors (Lipinski definition) is 2. The third-order valence-electron chi connectivity index (χ3n) is 3.00. The Labute approximate surface area is 132 Å². The van der Waals surface area contributed by atoms with Gasteiger partial charge in [0.1, 0.15) is 0 Å². The SMILES string of the molecule is Cc1ccc(SCCC(=O)NCCC(C)N)cc1C.Cl. The first-order valence-electron chi connectivity index (χ1n) is 6.71. The van der Waals surface area contributed by atoms with Crippen LogP contribution in [-0.2, 0) is 4.79 Å². The van der Waals surface area contributed by atoms with Crippen LogP contribution in [-0.4, -0.2) is 24.2 Å². The summed E-state index contributed by atoms with van der Waals surface area (Å²) in [6.45, 7) is 6.84. The summed E-state index contributed by atoms with van der Waals surface area (Å²) in [5.41, 5.74) is 8.23. The van der Waals surface area contributed by atoms with Gasteiger partial charge in [-0.3, -0.25) is 4.79 Å². The third-order valence-corrected chi connectivity index (χ3v) is 3.99. The molecule has 0 radical (unpaired) electrons. The molecule has 0 aromatic heterocycles. The van der Waals surface area contributed by atoms with Gasteiger partial charge in [0, 0.05) is 29.7 Å². The van der Waals surface area contributed by atoms with Crippen molar-refractivity contribution in [2.75, 3.05) is 12.3 Å². The van der Waals surface area contributed by atoms with E-state index in [1.807, 2.05) is 6.92 Å². The fourth-order valence-electron chi connectivity index (χ4n) is 1.59. The monoisotopic (exact) mass is 316 g/mol. The molecule has 3 nitrogen and oxygen atoms in total. The number of amides is 1. The summed E-state index contributed by atoms with van der Waals surface area (Å²) in [4.78, 5) is 12.8. The Morgan fingerprint density at radius 3 is 2.65 bits per heavy atom. The molecule has 1 aromatic carbocycles. The number of aryl methyl sites for hydroxylation is 2. The molecule has 1 amide bonds. The second-order valence-electron chi connectivity index (χ2n) is 4.96. The summed E-state index contributed by atoms with van der Waals surface area (Å²) in [6.07, 6.45) is 1.38. The Morgan fingerprint density at radius 1 is 1.35 bits per heavy atom. The van der Waals surface area contributed by atoms with Crippen LogP contribution in [0.15, 0.2) is 23.1 Å². The van der Waals surface area contributed by atoms with Gasteiger partial charge in [-0.15, -0.1) is 24.2 Å². The van der Waals surface area contributed by atoms with Gasteiger partial charge in [-0.25, -0.2) is 0 Å². The van der Waals surface area contributed by atoms with E-state index in [1.165, 1.54) is 16.0 Å². The Bertz CT molecular complexity index is 424. The first-order chi connectivity index (χ1) is 8.99. The number of hydrogen-bond acceptors (Lipinski definition) is 3. The topological polar surface area (TPSA) is 55.1 Å². The highest BCUT2D eigenvalue weighted by Crippen LogP contribution is 2.21. The van der Waals surface area contributed by atoms with E-state index >= 15 is 0 Å². The molecule has 0 saturated carbocycles. The molecule has 0 fully saturated rings. The zero-order valence-electron chi connectivity index (χ0n) is 12.4. The maximum Gasteiger partial charge on any atom is 0.220 e. The summed E-state index contributed by atoms with van der Waals surface area (Å²) in [5.74, 6) is 0.920. The van der Waals surface area contributed by atoms with Crippen molar-refractivity contribution in [3.05, 3.63) is 29.3 Å². The molecule has 3 N–H and O–H groups in total. The number of carbonyl (C=O) groups is 1. The maximum atomic E-state index is 11.6. The van der Waals surface area contributed by atoms with Crippen LogP contribution in [0.3, 0.4) is 0 Å². The van der Waals surface area contributed by atoms with Gasteiger partial charge in [-0.2, -0.15) is 0 Å². The molecular formula is C15H25ClN2OS. The van der Waals surface area contributed by atoms with E-state index in [-0.39, 0.29) is 24.4 Å². The van der Waals surface area contributed by atoms with Crippen molar-refractivity contribution in [3.8, 4) is 0 Å². The molecule has 114 valence electrons. The lowest BCUT2D eigenvalue weighted by atomic mass is 10.1. The van der Waals surface area contributed by atoms with Gasteiger partial charge in [0.05, 0.1) is 0 Å². The molecule has 1 unspecified atom stereocenters. The van der Waals surface area contributed by atoms with Crippen LogP contribution in [0.1, 0.15) is 30.9 Å². The van der Waals surface area contributed by atoms with Crippen LogP contribution in [0.25, 0.3) is 0 Å². The summed E-state index contributed by atoms with van der Waals surface area (Å²) in [7, 11) is 0. The Kier molecular flexibility index (Phi) is 9.72. The van der Waals surface area contributed by atoms with E-state index in [4.69, 9.17) is 5.73 Å². The van der Waals surface area contributed by atoms with Gasteiger partial charge in [0.15, 0.2) is 0 Å². The average Bonchev–Trinajstić information content (AvgIpc) is 2.33. The Hall–Kier alpha value is -0.710. The standard InChI is InChI=1S/C15H24N2OS.ClH/c1-11-4-5-14(10-12(11)2)19-9-7-15(18)17-8-6-13(3)16;/h4-5,10,13H,6-9,16H2,1-3H3,(H,17,18);1H. The number of benzene rings is 1. The predicted molar refractivity (Wildman–Crippen MR) is 89.8 cm³/mol. The predicted octanol–water partition coefficient (Wildman–Crippen LogP) is 3.06. The van der Waals surface area contributed by atoms with E-state index in [0.717, 1.165) is 12.2 Å². The summed E-state index contributed by atoms with van der Waals surface area (Å²) >= 11 is 1.73. The molecular weight excluding hydrogens is 292 g/mol. The number of nitrogens with one attached hydrogen (secondary N) is 1. The highest BCUT2D eigenvalue weighted by molar-refractivity contribution is 7.99. The lowest BCUT2D eigenvalue weighted by Gasteiger charge is -2.08.